The first-order valence-electron chi connectivity index (χ1n) is 13.9. The minimum Gasteiger partial charge on any atom is -0.507 e. The van der Waals surface area contributed by atoms with Crippen molar-refractivity contribution in [2.75, 3.05) is 32.8 Å². The van der Waals surface area contributed by atoms with Gasteiger partial charge in [0.1, 0.15) is 23.4 Å². The molecule has 1 N–H and O–H groups in total. The van der Waals surface area contributed by atoms with Gasteiger partial charge in [0.2, 0.25) is 0 Å². The van der Waals surface area contributed by atoms with Crippen molar-refractivity contribution >= 4 is 17.4 Å². The Balaban J connectivity index is 1.69. The van der Waals surface area contributed by atoms with E-state index in [9.17, 15) is 14.7 Å². The normalized spacial score (nSPS) is 20.2. The van der Waals surface area contributed by atoms with Crippen molar-refractivity contribution in [1.29, 1.82) is 0 Å². The predicted molar refractivity (Wildman–Crippen MR) is 148 cm³/mol. The first kappa shape index (κ1) is 27.7. The largest absolute Gasteiger partial charge is 0.507 e. The maximum atomic E-state index is 13.4. The van der Waals surface area contributed by atoms with E-state index in [1.165, 1.54) is 0 Å². The fourth-order valence-corrected chi connectivity index (χ4v) is 5.26. The first-order valence-corrected chi connectivity index (χ1v) is 13.9. The lowest BCUT2D eigenvalue weighted by Gasteiger charge is -2.28. The average Bonchev–Trinajstić information content (AvgIpc) is 3.42. The topological polar surface area (TPSA) is 79.3 Å². The molecule has 38 heavy (non-hydrogen) atoms. The summed E-state index contributed by atoms with van der Waals surface area (Å²) in [6, 6.07) is 12.3. The first-order chi connectivity index (χ1) is 18.4. The number of hydrogen-bond acceptors (Lipinski definition) is 6. The Kier molecular flexibility index (Phi) is 9.10. The van der Waals surface area contributed by atoms with Gasteiger partial charge in [0.15, 0.2) is 0 Å². The molecule has 2 atom stereocenters. The molecule has 7 nitrogen and oxygen atoms in total. The Morgan fingerprint density at radius 2 is 1.82 bits per heavy atom. The molecule has 2 aliphatic heterocycles. The summed E-state index contributed by atoms with van der Waals surface area (Å²) in [5, 5.41) is 11.5. The van der Waals surface area contributed by atoms with Crippen molar-refractivity contribution in [2.45, 2.75) is 65.5 Å². The maximum Gasteiger partial charge on any atom is 0.295 e. The van der Waals surface area contributed by atoms with Gasteiger partial charge in [-0.25, -0.2) is 0 Å². The summed E-state index contributed by atoms with van der Waals surface area (Å²) >= 11 is 0. The van der Waals surface area contributed by atoms with Crippen LogP contribution >= 0.6 is 0 Å². The van der Waals surface area contributed by atoms with Gasteiger partial charge in [-0.2, -0.15) is 0 Å². The van der Waals surface area contributed by atoms with E-state index in [1.54, 1.807) is 11.0 Å². The van der Waals surface area contributed by atoms with Crippen LogP contribution in [0.25, 0.3) is 5.76 Å². The summed E-state index contributed by atoms with van der Waals surface area (Å²) in [5.41, 5.74) is 2.39. The number of aliphatic hydroxyl groups is 1. The van der Waals surface area contributed by atoms with E-state index in [2.05, 4.69) is 25.7 Å². The number of nitrogens with zero attached hydrogens (tertiary/aromatic N) is 2. The number of unbranched alkanes of at least 4 members (excludes halogenated alkanes) is 2. The number of benzene rings is 2. The summed E-state index contributed by atoms with van der Waals surface area (Å²) in [7, 11) is 0. The Labute approximate surface area is 226 Å². The zero-order chi connectivity index (χ0) is 27.2. The number of fused-ring (bicyclic) bond motifs is 1. The molecule has 2 aliphatic rings. The molecule has 0 spiro atoms. The molecule has 0 bridgehead atoms. The molecule has 0 aromatic heterocycles. The van der Waals surface area contributed by atoms with Gasteiger partial charge in [0.25, 0.3) is 11.7 Å². The second-order valence-corrected chi connectivity index (χ2v) is 10.1. The SMILES string of the molecule is CCCCCOc1ccc([C@@H]2C(=C(O)c3ccc4c(c3)C[C@H](C)O4)C(=O)C(=O)N2CCN(CC)CC)cc1. The van der Waals surface area contributed by atoms with Gasteiger partial charge in [-0.15, -0.1) is 0 Å². The van der Waals surface area contributed by atoms with Crippen molar-refractivity contribution < 1.29 is 24.2 Å². The quantitative estimate of drug-likeness (QED) is 0.176. The smallest absolute Gasteiger partial charge is 0.295 e. The number of likely N-dealkylation sites (tertiary alicyclic amines) is 1. The monoisotopic (exact) mass is 520 g/mol. The van der Waals surface area contributed by atoms with E-state index in [4.69, 9.17) is 9.47 Å². The zero-order valence-corrected chi connectivity index (χ0v) is 23.0. The lowest BCUT2D eigenvalue weighted by atomic mass is 9.94. The van der Waals surface area contributed by atoms with Crippen LogP contribution < -0.4 is 9.47 Å². The Hall–Kier alpha value is -3.32. The molecule has 1 saturated heterocycles. The Morgan fingerprint density at radius 1 is 1.08 bits per heavy atom. The molecule has 204 valence electrons. The van der Waals surface area contributed by atoms with Crippen LogP contribution in [-0.4, -0.2) is 65.5 Å². The minimum atomic E-state index is -0.678. The lowest BCUT2D eigenvalue weighted by Crippen LogP contribution is -2.38. The van der Waals surface area contributed by atoms with E-state index in [0.717, 1.165) is 61.4 Å². The molecular formula is C31H40N2O5. The second-order valence-electron chi connectivity index (χ2n) is 10.1. The molecule has 2 heterocycles. The van der Waals surface area contributed by atoms with Crippen LogP contribution in [0.2, 0.25) is 0 Å². The van der Waals surface area contributed by atoms with E-state index in [-0.39, 0.29) is 17.4 Å². The molecule has 0 radical (unpaired) electrons. The summed E-state index contributed by atoms with van der Waals surface area (Å²) < 4.78 is 11.7. The van der Waals surface area contributed by atoms with Gasteiger partial charge < -0.3 is 24.4 Å². The van der Waals surface area contributed by atoms with E-state index in [0.29, 0.717) is 25.3 Å². The molecular weight excluding hydrogens is 480 g/mol. The summed E-state index contributed by atoms with van der Waals surface area (Å²) in [4.78, 5) is 30.5. The molecule has 7 heteroatoms. The molecule has 4 rings (SSSR count). The molecule has 1 fully saturated rings. The Bertz CT molecular complexity index is 1170. The number of ether oxygens (including phenoxy) is 2. The molecule has 0 aliphatic carbocycles. The van der Waals surface area contributed by atoms with Crippen LogP contribution in [0.5, 0.6) is 11.5 Å². The fraction of sp³-hybridized carbons (Fsp3) is 0.484. The third kappa shape index (κ3) is 5.88. The number of carbonyl (C=O) groups excluding carboxylic acids is 2. The summed E-state index contributed by atoms with van der Waals surface area (Å²) in [6.07, 6.45) is 4.04. The highest BCUT2D eigenvalue weighted by molar-refractivity contribution is 6.46. The van der Waals surface area contributed by atoms with Crippen LogP contribution in [0.1, 0.15) is 69.7 Å². The maximum absolute atomic E-state index is 13.4. The number of hydrogen-bond donors (Lipinski definition) is 1. The van der Waals surface area contributed by atoms with Gasteiger partial charge in [-0.3, -0.25) is 9.59 Å². The highest BCUT2D eigenvalue weighted by Gasteiger charge is 2.46. The number of ketones is 1. The van der Waals surface area contributed by atoms with Crippen LogP contribution in [0.3, 0.4) is 0 Å². The lowest BCUT2D eigenvalue weighted by molar-refractivity contribution is -0.140. The molecule has 0 unspecified atom stereocenters. The average molecular weight is 521 g/mol. The van der Waals surface area contributed by atoms with Gasteiger partial charge >= 0.3 is 0 Å². The van der Waals surface area contributed by atoms with Crippen LogP contribution in [0.15, 0.2) is 48.0 Å². The molecule has 2 aromatic rings. The number of likely N-dealkylation sites (N-methyl/N-ethyl adjacent to an activating group) is 1. The van der Waals surface area contributed by atoms with Crippen molar-refractivity contribution in [1.82, 2.24) is 9.80 Å². The minimum absolute atomic E-state index is 0.0655. The standard InChI is InChI=1S/C31H40N2O5/c1-5-8-9-18-37-25-13-10-22(11-14-25)28-27(30(35)31(36)33(28)17-16-32(6-2)7-3)29(34)23-12-15-26-24(20-23)19-21(4)38-26/h10-15,20-21,28,34H,5-9,16-19H2,1-4H3/t21-,28+/m0/s1. The number of rotatable bonds is 12. The molecule has 0 saturated carbocycles. The van der Waals surface area contributed by atoms with Crippen molar-refractivity contribution in [3.8, 4) is 11.5 Å². The van der Waals surface area contributed by atoms with Crippen LogP contribution in [-0.2, 0) is 16.0 Å². The van der Waals surface area contributed by atoms with Gasteiger partial charge in [-0.05, 0) is 67.9 Å². The summed E-state index contributed by atoms with van der Waals surface area (Å²) in [6.45, 7) is 11.7. The fourth-order valence-electron chi connectivity index (χ4n) is 5.26. The van der Waals surface area contributed by atoms with Gasteiger partial charge in [0.05, 0.1) is 18.2 Å². The second kappa shape index (κ2) is 12.5. The van der Waals surface area contributed by atoms with Crippen molar-refractivity contribution in [3.63, 3.8) is 0 Å². The van der Waals surface area contributed by atoms with E-state index >= 15 is 0 Å². The van der Waals surface area contributed by atoms with Gasteiger partial charge in [-0.1, -0.05) is 45.7 Å². The molecule has 1 amide bonds. The number of Topliss-reactive ketones (excluding diaryl/α,β-unsaturated/α-hetero) is 1. The Morgan fingerprint density at radius 3 is 2.50 bits per heavy atom. The number of aliphatic hydroxyl groups excluding tert-OH is 1. The highest BCUT2D eigenvalue weighted by Crippen LogP contribution is 2.41. The van der Waals surface area contributed by atoms with Crippen molar-refractivity contribution in [2.24, 2.45) is 0 Å². The molecule has 2 aromatic carbocycles. The van der Waals surface area contributed by atoms with Crippen LogP contribution in [0, 0.1) is 0 Å². The van der Waals surface area contributed by atoms with E-state index < -0.39 is 17.7 Å². The van der Waals surface area contributed by atoms with E-state index in [1.807, 2.05) is 43.3 Å². The summed E-state index contributed by atoms with van der Waals surface area (Å²) in [5.74, 6) is 0.150. The third-order valence-electron chi connectivity index (χ3n) is 7.47. The van der Waals surface area contributed by atoms with Crippen LogP contribution in [0.4, 0.5) is 0 Å². The number of amides is 1. The predicted octanol–water partition coefficient (Wildman–Crippen LogP) is 5.34. The van der Waals surface area contributed by atoms with Crippen molar-refractivity contribution in [3.05, 3.63) is 64.7 Å². The number of carbonyl (C=O) groups is 2. The zero-order valence-electron chi connectivity index (χ0n) is 23.0. The third-order valence-corrected chi connectivity index (χ3v) is 7.47. The highest BCUT2D eigenvalue weighted by atomic mass is 16.5. The van der Waals surface area contributed by atoms with Gasteiger partial charge in [0, 0.05) is 25.1 Å².